The van der Waals surface area contributed by atoms with Gasteiger partial charge in [0.05, 0.1) is 18.2 Å². The standard InChI is InChI=1S/C6H7NO2S/c1-4(8)5-3-7-6(9-2)10-5/h3H,1-2H3. The molecule has 1 aromatic rings. The number of aromatic nitrogens is 1. The van der Waals surface area contributed by atoms with Crippen LogP contribution in [0.15, 0.2) is 6.20 Å². The summed E-state index contributed by atoms with van der Waals surface area (Å²) in [5.41, 5.74) is 0. The van der Waals surface area contributed by atoms with Crippen molar-refractivity contribution in [1.82, 2.24) is 4.98 Å². The number of ether oxygens (including phenoxy) is 1. The normalized spacial score (nSPS) is 9.40. The Labute approximate surface area is 62.7 Å². The largest absolute Gasteiger partial charge is 0.473 e. The monoisotopic (exact) mass is 157 g/mol. The summed E-state index contributed by atoms with van der Waals surface area (Å²) in [6.45, 7) is 1.51. The van der Waals surface area contributed by atoms with Crippen molar-refractivity contribution in [2.24, 2.45) is 0 Å². The van der Waals surface area contributed by atoms with Crippen LogP contribution in [0.2, 0.25) is 0 Å². The van der Waals surface area contributed by atoms with Gasteiger partial charge in [0.2, 0.25) is 0 Å². The number of hydrogen-bond donors (Lipinski definition) is 0. The molecule has 0 N–H and O–H groups in total. The van der Waals surface area contributed by atoms with Crippen LogP contribution in [-0.4, -0.2) is 17.9 Å². The first-order chi connectivity index (χ1) is 4.74. The summed E-state index contributed by atoms with van der Waals surface area (Å²) < 4.78 is 4.80. The molecule has 0 aliphatic heterocycles. The molecule has 1 rings (SSSR count). The molecule has 0 saturated carbocycles. The van der Waals surface area contributed by atoms with Gasteiger partial charge in [0, 0.05) is 6.92 Å². The van der Waals surface area contributed by atoms with Crippen LogP contribution in [0.1, 0.15) is 16.6 Å². The van der Waals surface area contributed by atoms with E-state index in [1.807, 2.05) is 0 Å². The third kappa shape index (κ3) is 1.33. The van der Waals surface area contributed by atoms with Gasteiger partial charge in [-0.3, -0.25) is 4.79 Å². The number of Topliss-reactive ketones (excluding diaryl/α,β-unsaturated/α-hetero) is 1. The first-order valence-electron chi connectivity index (χ1n) is 2.75. The van der Waals surface area contributed by atoms with E-state index < -0.39 is 0 Å². The Hall–Kier alpha value is -0.900. The third-order valence-corrected chi connectivity index (χ3v) is 2.07. The molecule has 1 aromatic heterocycles. The van der Waals surface area contributed by atoms with E-state index >= 15 is 0 Å². The number of carbonyl (C=O) groups excluding carboxylic acids is 1. The van der Waals surface area contributed by atoms with Gasteiger partial charge in [0.1, 0.15) is 0 Å². The molecule has 0 spiro atoms. The van der Waals surface area contributed by atoms with E-state index in [-0.39, 0.29) is 5.78 Å². The zero-order valence-electron chi connectivity index (χ0n) is 5.75. The quantitative estimate of drug-likeness (QED) is 0.608. The molecule has 0 aliphatic carbocycles. The van der Waals surface area contributed by atoms with Crippen molar-refractivity contribution < 1.29 is 9.53 Å². The molecule has 1 heterocycles. The number of carbonyl (C=O) groups is 1. The minimum atomic E-state index is 0.0285. The lowest BCUT2D eigenvalue weighted by Gasteiger charge is -1.86. The lowest BCUT2D eigenvalue weighted by Crippen LogP contribution is -1.83. The number of rotatable bonds is 2. The predicted octanol–water partition coefficient (Wildman–Crippen LogP) is 1.35. The van der Waals surface area contributed by atoms with Crippen LogP contribution in [0.3, 0.4) is 0 Å². The van der Waals surface area contributed by atoms with Crippen LogP contribution >= 0.6 is 11.3 Å². The Kier molecular flexibility index (Phi) is 2.01. The molecule has 0 bridgehead atoms. The molecule has 10 heavy (non-hydrogen) atoms. The minimum Gasteiger partial charge on any atom is -0.473 e. The topological polar surface area (TPSA) is 39.2 Å². The fraction of sp³-hybridized carbons (Fsp3) is 0.333. The molecule has 4 heteroatoms. The van der Waals surface area contributed by atoms with Crippen LogP contribution in [-0.2, 0) is 0 Å². The zero-order valence-corrected chi connectivity index (χ0v) is 6.57. The van der Waals surface area contributed by atoms with E-state index in [0.717, 1.165) is 0 Å². The van der Waals surface area contributed by atoms with E-state index in [4.69, 9.17) is 4.74 Å². The summed E-state index contributed by atoms with van der Waals surface area (Å²) in [5, 5.41) is 0.533. The van der Waals surface area contributed by atoms with E-state index in [1.54, 1.807) is 0 Å². The van der Waals surface area contributed by atoms with E-state index in [0.29, 0.717) is 10.1 Å². The maximum absolute atomic E-state index is 10.7. The molecule has 0 atom stereocenters. The molecule has 0 amide bonds. The van der Waals surface area contributed by atoms with Gasteiger partial charge >= 0.3 is 0 Å². The van der Waals surface area contributed by atoms with Crippen LogP contribution in [0.25, 0.3) is 0 Å². The van der Waals surface area contributed by atoms with Crippen LogP contribution in [0.5, 0.6) is 5.19 Å². The number of methoxy groups -OCH3 is 1. The minimum absolute atomic E-state index is 0.0285. The number of hydrogen-bond acceptors (Lipinski definition) is 4. The smallest absolute Gasteiger partial charge is 0.273 e. The van der Waals surface area contributed by atoms with Gasteiger partial charge in [-0.1, -0.05) is 11.3 Å². The predicted molar refractivity (Wildman–Crippen MR) is 38.7 cm³/mol. The third-order valence-electron chi connectivity index (χ3n) is 1.01. The van der Waals surface area contributed by atoms with Crippen molar-refractivity contribution in [3.05, 3.63) is 11.1 Å². The van der Waals surface area contributed by atoms with Crippen molar-refractivity contribution in [3.63, 3.8) is 0 Å². The van der Waals surface area contributed by atoms with E-state index in [1.165, 1.54) is 31.6 Å². The van der Waals surface area contributed by atoms with Crippen molar-refractivity contribution >= 4 is 17.1 Å². The first-order valence-corrected chi connectivity index (χ1v) is 3.56. The highest BCUT2D eigenvalue weighted by Gasteiger charge is 2.04. The van der Waals surface area contributed by atoms with Gasteiger partial charge in [0.25, 0.3) is 5.19 Å². The summed E-state index contributed by atoms with van der Waals surface area (Å²) in [7, 11) is 1.53. The summed E-state index contributed by atoms with van der Waals surface area (Å²) in [6.07, 6.45) is 1.52. The fourth-order valence-corrected chi connectivity index (χ4v) is 1.14. The van der Waals surface area contributed by atoms with E-state index in [9.17, 15) is 4.79 Å². The zero-order chi connectivity index (χ0) is 7.56. The summed E-state index contributed by atoms with van der Waals surface area (Å²) >= 11 is 1.26. The highest BCUT2D eigenvalue weighted by atomic mass is 32.1. The van der Waals surface area contributed by atoms with Crippen LogP contribution in [0.4, 0.5) is 0 Å². The van der Waals surface area contributed by atoms with Crippen molar-refractivity contribution in [2.45, 2.75) is 6.92 Å². The SMILES string of the molecule is COc1ncc(C(C)=O)s1. The van der Waals surface area contributed by atoms with Crippen LogP contribution < -0.4 is 4.74 Å². The van der Waals surface area contributed by atoms with E-state index in [2.05, 4.69) is 4.98 Å². The molecule has 0 unspecified atom stereocenters. The first kappa shape index (κ1) is 7.21. The van der Waals surface area contributed by atoms with Crippen molar-refractivity contribution in [3.8, 4) is 5.19 Å². The second-order valence-corrected chi connectivity index (χ2v) is 2.74. The average Bonchev–Trinajstić information content (AvgIpc) is 2.34. The lowest BCUT2D eigenvalue weighted by atomic mass is 10.4. The van der Waals surface area contributed by atoms with Gasteiger partial charge < -0.3 is 4.74 Å². The second kappa shape index (κ2) is 2.79. The molecule has 0 radical (unpaired) electrons. The molecular weight excluding hydrogens is 150 g/mol. The number of ketones is 1. The number of nitrogens with zero attached hydrogens (tertiary/aromatic N) is 1. The molecule has 54 valence electrons. The Morgan fingerprint density at radius 3 is 2.80 bits per heavy atom. The summed E-state index contributed by atoms with van der Waals surface area (Å²) in [6, 6.07) is 0. The van der Waals surface area contributed by atoms with Crippen LogP contribution in [0, 0.1) is 0 Å². The van der Waals surface area contributed by atoms with Gasteiger partial charge in [-0.15, -0.1) is 0 Å². The van der Waals surface area contributed by atoms with Gasteiger partial charge in [-0.2, -0.15) is 0 Å². The number of thiazole rings is 1. The van der Waals surface area contributed by atoms with Crippen molar-refractivity contribution in [1.29, 1.82) is 0 Å². The molecule has 0 fully saturated rings. The average molecular weight is 157 g/mol. The highest BCUT2D eigenvalue weighted by molar-refractivity contribution is 7.15. The Morgan fingerprint density at radius 2 is 2.50 bits per heavy atom. The van der Waals surface area contributed by atoms with Gasteiger partial charge in [-0.05, 0) is 0 Å². The highest BCUT2D eigenvalue weighted by Crippen LogP contribution is 2.19. The Balaban J connectivity index is 2.88. The lowest BCUT2D eigenvalue weighted by molar-refractivity contribution is 0.102. The second-order valence-electron chi connectivity index (χ2n) is 1.75. The summed E-state index contributed by atoms with van der Waals surface area (Å²) in [5.74, 6) is 0.0285. The maximum Gasteiger partial charge on any atom is 0.273 e. The molecule has 0 saturated heterocycles. The van der Waals surface area contributed by atoms with Crippen molar-refractivity contribution in [2.75, 3.05) is 7.11 Å². The Morgan fingerprint density at radius 1 is 1.80 bits per heavy atom. The summed E-state index contributed by atoms with van der Waals surface area (Å²) in [4.78, 5) is 15.2. The van der Waals surface area contributed by atoms with Gasteiger partial charge in [-0.25, -0.2) is 4.98 Å². The maximum atomic E-state index is 10.7. The Bertz CT molecular complexity index is 244. The molecule has 0 aromatic carbocycles. The molecule has 0 aliphatic rings. The van der Waals surface area contributed by atoms with Gasteiger partial charge in [0.15, 0.2) is 5.78 Å². The molecular formula is C6H7NO2S. The fourth-order valence-electron chi connectivity index (χ4n) is 0.515. The molecule has 3 nitrogen and oxygen atoms in total.